The molecule has 0 radical (unpaired) electrons. The Labute approximate surface area is 98.1 Å². The maximum absolute atomic E-state index is 11.5. The van der Waals surface area contributed by atoms with Crippen molar-refractivity contribution in [2.45, 2.75) is 30.0 Å². The van der Waals surface area contributed by atoms with Crippen molar-refractivity contribution >= 4 is 5.91 Å². The molecular formula is C10H16N2O5. The molecule has 0 spiro atoms. The number of hydrogen-bond acceptors (Lipinski definition) is 6. The lowest BCUT2D eigenvalue weighted by Crippen LogP contribution is -2.82. The van der Waals surface area contributed by atoms with Crippen LogP contribution in [0.1, 0.15) is 6.42 Å². The predicted octanol–water partition coefficient (Wildman–Crippen LogP) is -2.61. The van der Waals surface area contributed by atoms with Crippen molar-refractivity contribution < 1.29 is 24.5 Å². The predicted molar refractivity (Wildman–Crippen MR) is 54.8 cm³/mol. The molecule has 4 N–H and O–H groups in total. The van der Waals surface area contributed by atoms with Crippen LogP contribution >= 0.6 is 0 Å². The SMILES string of the molecule is NC[C@@]12COC(N3CCC3=O)(CO1)C(O)[C@H]2O. The second-order valence-electron chi connectivity index (χ2n) is 4.88. The monoisotopic (exact) mass is 244 g/mol. The number of rotatable bonds is 2. The molecule has 4 aliphatic heterocycles. The molecule has 4 heterocycles. The van der Waals surface area contributed by atoms with Gasteiger partial charge in [-0.1, -0.05) is 0 Å². The summed E-state index contributed by atoms with van der Waals surface area (Å²) in [6, 6.07) is 0. The van der Waals surface area contributed by atoms with Crippen molar-refractivity contribution in [3.05, 3.63) is 0 Å². The number of aliphatic hydroxyl groups is 2. The Morgan fingerprint density at radius 2 is 2.12 bits per heavy atom. The number of aliphatic hydroxyl groups excluding tert-OH is 2. The first-order chi connectivity index (χ1) is 8.06. The summed E-state index contributed by atoms with van der Waals surface area (Å²) in [6.45, 7) is 0.719. The Hall–Kier alpha value is -0.730. The number of carbonyl (C=O) groups excluding carboxylic acids is 1. The molecule has 0 aromatic rings. The molecule has 1 amide bonds. The summed E-state index contributed by atoms with van der Waals surface area (Å²) in [5, 5.41) is 20.2. The van der Waals surface area contributed by atoms with Gasteiger partial charge in [0.1, 0.15) is 17.8 Å². The smallest absolute Gasteiger partial charge is 0.226 e. The first kappa shape index (κ1) is 11.4. The number of fused-ring (bicyclic) bond motifs is 3. The first-order valence-electron chi connectivity index (χ1n) is 5.70. The van der Waals surface area contributed by atoms with Gasteiger partial charge in [0.05, 0.1) is 13.2 Å². The molecule has 7 heteroatoms. The van der Waals surface area contributed by atoms with E-state index in [4.69, 9.17) is 15.2 Å². The van der Waals surface area contributed by atoms with Crippen LogP contribution in [0.2, 0.25) is 0 Å². The number of likely N-dealkylation sites (tertiary alicyclic amines) is 1. The largest absolute Gasteiger partial charge is 0.387 e. The Morgan fingerprint density at radius 3 is 2.53 bits per heavy atom. The number of nitrogens with zero attached hydrogens (tertiary/aromatic N) is 1. The number of nitrogens with two attached hydrogens (primary N) is 1. The van der Waals surface area contributed by atoms with E-state index in [-0.39, 0.29) is 25.7 Å². The molecule has 4 aliphatic rings. The lowest BCUT2D eigenvalue weighted by molar-refractivity contribution is -0.386. The Bertz CT molecular complexity index is 353. The summed E-state index contributed by atoms with van der Waals surface area (Å²) in [6.07, 6.45) is -1.88. The van der Waals surface area contributed by atoms with Gasteiger partial charge in [-0.3, -0.25) is 4.79 Å². The number of carbonyl (C=O) groups is 1. The fraction of sp³-hybridized carbons (Fsp3) is 0.900. The molecule has 2 bridgehead atoms. The lowest BCUT2D eigenvalue weighted by Gasteiger charge is -2.61. The normalized spacial score (nSPS) is 49.4. The van der Waals surface area contributed by atoms with E-state index in [0.29, 0.717) is 13.0 Å². The van der Waals surface area contributed by atoms with Gasteiger partial charge in [-0.25, -0.2) is 0 Å². The summed E-state index contributed by atoms with van der Waals surface area (Å²) in [4.78, 5) is 12.9. The van der Waals surface area contributed by atoms with Crippen LogP contribution < -0.4 is 5.73 Å². The zero-order chi connectivity index (χ0) is 12.3. The van der Waals surface area contributed by atoms with E-state index < -0.39 is 23.5 Å². The van der Waals surface area contributed by atoms with E-state index in [9.17, 15) is 15.0 Å². The second kappa shape index (κ2) is 3.39. The van der Waals surface area contributed by atoms with Crippen LogP contribution in [0.4, 0.5) is 0 Å². The molecule has 0 aromatic heterocycles. The van der Waals surface area contributed by atoms with E-state index in [0.717, 1.165) is 0 Å². The quantitative estimate of drug-likeness (QED) is 0.460. The number of hydrogen-bond donors (Lipinski definition) is 3. The van der Waals surface area contributed by atoms with Crippen molar-refractivity contribution in [3.63, 3.8) is 0 Å². The number of ether oxygens (including phenoxy) is 2. The summed E-state index contributed by atoms with van der Waals surface area (Å²) in [5.41, 5.74) is 3.29. The van der Waals surface area contributed by atoms with Crippen LogP contribution in [0.3, 0.4) is 0 Å². The summed E-state index contributed by atoms with van der Waals surface area (Å²) in [7, 11) is 0. The minimum atomic E-state index is -1.23. The van der Waals surface area contributed by atoms with Crippen LogP contribution in [0.5, 0.6) is 0 Å². The van der Waals surface area contributed by atoms with Gasteiger partial charge >= 0.3 is 0 Å². The van der Waals surface area contributed by atoms with Gasteiger partial charge in [0.2, 0.25) is 5.91 Å². The summed E-state index contributed by atoms with van der Waals surface area (Å²) >= 11 is 0. The maximum Gasteiger partial charge on any atom is 0.226 e. The van der Waals surface area contributed by atoms with Gasteiger partial charge in [0.25, 0.3) is 0 Å². The van der Waals surface area contributed by atoms with Crippen molar-refractivity contribution in [1.29, 1.82) is 0 Å². The van der Waals surface area contributed by atoms with E-state index in [1.807, 2.05) is 0 Å². The van der Waals surface area contributed by atoms with Crippen molar-refractivity contribution in [1.82, 2.24) is 4.90 Å². The first-order valence-corrected chi connectivity index (χ1v) is 5.70. The Balaban J connectivity index is 1.92. The average Bonchev–Trinajstić information content (AvgIpc) is 2.34. The third kappa shape index (κ3) is 1.20. The topological polar surface area (TPSA) is 105 Å². The van der Waals surface area contributed by atoms with Crippen LogP contribution in [0, 0.1) is 0 Å². The van der Waals surface area contributed by atoms with Gasteiger partial charge < -0.3 is 30.3 Å². The zero-order valence-electron chi connectivity index (χ0n) is 9.33. The minimum Gasteiger partial charge on any atom is -0.387 e. The molecule has 0 aromatic carbocycles. The van der Waals surface area contributed by atoms with Crippen LogP contribution in [-0.4, -0.2) is 70.9 Å². The molecule has 0 aliphatic carbocycles. The molecular weight excluding hydrogens is 228 g/mol. The molecule has 17 heavy (non-hydrogen) atoms. The van der Waals surface area contributed by atoms with Crippen LogP contribution in [0.15, 0.2) is 0 Å². The third-order valence-electron chi connectivity index (χ3n) is 4.09. The van der Waals surface area contributed by atoms with E-state index in [2.05, 4.69) is 0 Å². The van der Waals surface area contributed by atoms with Gasteiger partial charge in [0.15, 0.2) is 5.72 Å². The third-order valence-corrected chi connectivity index (χ3v) is 4.09. The van der Waals surface area contributed by atoms with Crippen LogP contribution in [0.25, 0.3) is 0 Å². The van der Waals surface area contributed by atoms with Crippen molar-refractivity contribution in [3.8, 4) is 0 Å². The molecule has 7 nitrogen and oxygen atoms in total. The summed E-state index contributed by atoms with van der Waals surface area (Å²) < 4.78 is 11.2. The Morgan fingerprint density at radius 1 is 1.35 bits per heavy atom. The standard InChI is InChI=1S/C10H16N2O5/c11-3-9-4-17-10(5-16-9,8(15)7(9)14)12-2-1-6(12)13/h7-8,14-15H,1-5,11H2/t7-,8?,9+,10?/m1/s1. The highest BCUT2D eigenvalue weighted by Crippen LogP contribution is 2.43. The molecule has 4 rings (SSSR count). The molecule has 4 atom stereocenters. The highest BCUT2D eigenvalue weighted by Gasteiger charge is 2.66. The average molecular weight is 244 g/mol. The highest BCUT2D eigenvalue weighted by molar-refractivity contribution is 5.82. The van der Waals surface area contributed by atoms with E-state index in [1.54, 1.807) is 0 Å². The number of amides is 1. The maximum atomic E-state index is 11.5. The van der Waals surface area contributed by atoms with Gasteiger partial charge in [0, 0.05) is 19.5 Å². The second-order valence-corrected chi connectivity index (χ2v) is 4.88. The minimum absolute atomic E-state index is 0.0498. The fourth-order valence-corrected chi connectivity index (χ4v) is 2.72. The Kier molecular flexibility index (Phi) is 2.27. The molecule has 2 unspecified atom stereocenters. The zero-order valence-corrected chi connectivity index (χ0v) is 9.33. The summed E-state index contributed by atoms with van der Waals surface area (Å²) in [5.74, 6) is -0.0954. The fourth-order valence-electron chi connectivity index (χ4n) is 2.72. The van der Waals surface area contributed by atoms with Gasteiger partial charge in [-0.2, -0.15) is 0 Å². The van der Waals surface area contributed by atoms with E-state index in [1.165, 1.54) is 4.90 Å². The number of β-lactam (4-membered cyclic amide) rings is 1. The molecule has 4 saturated heterocycles. The van der Waals surface area contributed by atoms with E-state index >= 15 is 0 Å². The molecule has 4 fully saturated rings. The van der Waals surface area contributed by atoms with Crippen LogP contribution in [-0.2, 0) is 14.3 Å². The van der Waals surface area contributed by atoms with Gasteiger partial charge in [-0.15, -0.1) is 0 Å². The highest BCUT2D eigenvalue weighted by atomic mass is 16.6. The lowest BCUT2D eigenvalue weighted by atomic mass is 9.80. The van der Waals surface area contributed by atoms with Crippen molar-refractivity contribution in [2.75, 3.05) is 26.3 Å². The van der Waals surface area contributed by atoms with Gasteiger partial charge in [-0.05, 0) is 0 Å². The molecule has 96 valence electrons. The van der Waals surface area contributed by atoms with Crippen molar-refractivity contribution in [2.24, 2.45) is 5.73 Å². The molecule has 0 saturated carbocycles.